The summed E-state index contributed by atoms with van der Waals surface area (Å²) in [7, 11) is 0. The van der Waals surface area contributed by atoms with Gasteiger partial charge < -0.3 is 19.8 Å². The summed E-state index contributed by atoms with van der Waals surface area (Å²) in [5.41, 5.74) is 0. The first-order chi connectivity index (χ1) is 32.0. The Labute approximate surface area is 418 Å². The van der Waals surface area contributed by atoms with Crippen molar-refractivity contribution in [3.8, 4) is 0 Å². The van der Waals surface area contributed by atoms with Gasteiger partial charge in [0.1, 0.15) is 0 Å². The quantitative estimate of drug-likeness (QED) is 0.0272. The Hall–Kier alpha value is -1.50. The first-order valence-electron chi connectivity index (χ1n) is 27.7. The van der Waals surface area contributed by atoms with Crippen LogP contribution in [0, 0.1) is 0 Å². The van der Waals surface area contributed by atoms with Gasteiger partial charge in [-0.25, -0.2) is 0 Å². The number of allylic oxidation sites excluding steroid dienone is 6. The summed E-state index contributed by atoms with van der Waals surface area (Å²) in [6, 6.07) is 0. The zero-order valence-electron chi connectivity index (χ0n) is 43.8. The molecule has 0 aromatic carbocycles. The molecule has 0 aromatic heterocycles. The third kappa shape index (κ3) is 93.4. The van der Waals surface area contributed by atoms with E-state index in [9.17, 15) is 14.4 Å². The van der Waals surface area contributed by atoms with E-state index in [1.807, 2.05) is 12.6 Å². The van der Waals surface area contributed by atoms with Gasteiger partial charge in [-0.2, -0.15) is 12.8 Å². The van der Waals surface area contributed by atoms with Crippen LogP contribution in [0.5, 0.6) is 0 Å². The van der Waals surface area contributed by atoms with Crippen LogP contribution >= 0.6 is 0 Å². The second-order valence-corrected chi connectivity index (χ2v) is 17.8. The molecule has 0 fully saturated rings. The van der Waals surface area contributed by atoms with E-state index in [1.165, 1.54) is 225 Å². The fraction of sp³-hybridized carbons (Fsp3) is 0.845. The number of aliphatic carboxylic acids is 1. The average molecular weight is 951 g/mol. The first kappa shape index (κ1) is 72.5. The maximum absolute atomic E-state index is 10.3. The number of unbranched alkanes of at least 4 members (excludes halogenated alkanes) is 36. The van der Waals surface area contributed by atoms with Gasteiger partial charge in [0.15, 0.2) is 0 Å². The van der Waals surface area contributed by atoms with Crippen molar-refractivity contribution in [3.63, 3.8) is 0 Å². The predicted octanol–water partition coefficient (Wildman–Crippen LogP) is 19.0. The fourth-order valence-electron chi connectivity index (χ4n) is 7.04. The van der Waals surface area contributed by atoms with Crippen LogP contribution < -0.4 is 0 Å². The summed E-state index contributed by atoms with van der Waals surface area (Å²) >= 11 is 0.750. The number of hydrogen-bond donors (Lipinski definition) is 2. The van der Waals surface area contributed by atoms with Gasteiger partial charge in [-0.3, -0.25) is 17.4 Å². The molecule has 0 saturated carbocycles. The molecule has 382 valence electrons. The number of hydrogen-bond acceptors (Lipinski definition) is 5. The molecule has 0 bridgehead atoms. The van der Waals surface area contributed by atoms with Crippen LogP contribution in [0.4, 0.5) is 0 Å². The molecular weight excluding hydrogens is 840 g/mol. The second kappa shape index (κ2) is 79.6. The van der Waals surface area contributed by atoms with Crippen molar-refractivity contribution in [3.05, 3.63) is 36.5 Å². The molecule has 0 rings (SSSR count). The van der Waals surface area contributed by atoms with E-state index >= 15 is 0 Å². The Morgan fingerprint density at radius 2 is 0.569 bits per heavy atom. The molecule has 0 amide bonds. The molecule has 0 atom stereocenters. The van der Waals surface area contributed by atoms with E-state index in [0.29, 0.717) is 25.9 Å². The van der Waals surface area contributed by atoms with Crippen LogP contribution in [0.25, 0.3) is 0 Å². The van der Waals surface area contributed by atoms with Crippen LogP contribution in [0.3, 0.4) is 0 Å². The minimum absolute atomic E-state index is 0.332. The topological polar surface area (TPSA) is 109 Å². The molecule has 0 radical (unpaired) electrons. The molecule has 0 heterocycles. The molecule has 2 N–H and O–H groups in total. The van der Waals surface area contributed by atoms with Gasteiger partial charge in [0.05, 0.1) is 0 Å². The Kier molecular flexibility index (Phi) is 88.8. The van der Waals surface area contributed by atoms with Crippen LogP contribution in [0.1, 0.15) is 310 Å². The third-order valence-electron chi connectivity index (χ3n) is 11.2. The van der Waals surface area contributed by atoms with Crippen molar-refractivity contribution in [2.24, 2.45) is 0 Å². The van der Waals surface area contributed by atoms with Crippen molar-refractivity contribution < 1.29 is 48.3 Å². The first-order valence-corrected chi connectivity index (χ1v) is 28.3. The summed E-state index contributed by atoms with van der Waals surface area (Å²) in [6.07, 6.45) is 71.7. The van der Waals surface area contributed by atoms with Gasteiger partial charge in [-0.1, -0.05) is 238 Å². The summed E-state index contributed by atoms with van der Waals surface area (Å²) in [5, 5.41) is 16.6. The molecule has 0 unspecified atom stereocenters. The van der Waals surface area contributed by atoms with Crippen LogP contribution in [0.15, 0.2) is 36.5 Å². The number of rotatable bonds is 47. The number of aliphatic hydroxyl groups excluding tert-OH is 1. The van der Waals surface area contributed by atoms with Crippen LogP contribution in [-0.2, 0) is 38.1 Å². The number of carbonyl (C=O) groups is 1. The molecule has 0 aliphatic heterocycles. The predicted molar refractivity (Wildman–Crippen MR) is 280 cm³/mol. The summed E-state index contributed by atoms with van der Waals surface area (Å²) in [4.78, 5) is 30.3. The van der Waals surface area contributed by atoms with E-state index in [-0.39, 0.29) is 0 Å². The molecule has 6 nitrogen and oxygen atoms in total. The third-order valence-corrected chi connectivity index (χ3v) is 11.2. The molecule has 0 aromatic rings. The van der Waals surface area contributed by atoms with Crippen molar-refractivity contribution >= 4 is 18.5 Å². The maximum atomic E-state index is 10.3. The van der Waals surface area contributed by atoms with Crippen molar-refractivity contribution in [2.75, 3.05) is 6.61 Å². The summed E-state index contributed by atoms with van der Waals surface area (Å²) in [6.45, 7) is 9.19. The minimum atomic E-state index is -0.664. The molecule has 0 aliphatic rings. The number of carbonyl (C=O) groups excluding carboxylic acids is 2. The van der Waals surface area contributed by atoms with E-state index in [1.54, 1.807) is 0 Å². The van der Waals surface area contributed by atoms with Crippen LogP contribution in [0.2, 0.25) is 0 Å². The molecule has 65 heavy (non-hydrogen) atoms. The molecule has 0 aliphatic carbocycles. The van der Waals surface area contributed by atoms with E-state index < -0.39 is 5.97 Å². The molecule has 0 spiro atoms. The average Bonchev–Trinajstić information content (AvgIpc) is 3.31. The zero-order chi connectivity index (χ0) is 49.1. The standard InChI is InChI=1S/C18H34O2.2C18H33O.C4H10O.O.Ti/c1-2-3-4-5-6-7-8-9-10-11-12-13-14-15-16-17-18(19)20;2*1-2-3-4-5-6-7-8-9-10-11-12-13-14-15-16-17-18-19;1-2-3-4-5;;/h9-10H,2-8,11-17H2,1H3,(H,19,20);2*9-10H,2-8,11-17H2,1H3;5H,2-4H2,1H3;;/q;2*-1;;;+2/b3*10-9-;;;. The monoisotopic (exact) mass is 951 g/mol. The van der Waals surface area contributed by atoms with Crippen LogP contribution in [-0.4, -0.2) is 35.4 Å². The van der Waals surface area contributed by atoms with Gasteiger partial charge in [-0.15, -0.1) is 0 Å². The van der Waals surface area contributed by atoms with Gasteiger partial charge >= 0.3 is 29.7 Å². The number of aliphatic hydroxyl groups is 1. The Morgan fingerprint density at radius 1 is 0.354 bits per heavy atom. The van der Waals surface area contributed by atoms with Gasteiger partial charge in [0.25, 0.3) is 0 Å². The van der Waals surface area contributed by atoms with Gasteiger partial charge in [0.2, 0.25) is 0 Å². The zero-order valence-corrected chi connectivity index (χ0v) is 45.4. The molecular formula is C58H110O6Ti. The van der Waals surface area contributed by atoms with E-state index in [2.05, 4.69) is 64.2 Å². The van der Waals surface area contributed by atoms with Crippen molar-refractivity contribution in [1.82, 2.24) is 0 Å². The van der Waals surface area contributed by atoms with Gasteiger partial charge in [0, 0.05) is 13.0 Å². The number of carboxylic acid groups (broad SMARTS) is 1. The van der Waals surface area contributed by atoms with E-state index in [0.717, 1.165) is 58.9 Å². The second-order valence-electron chi connectivity index (χ2n) is 17.8. The Balaban J connectivity index is -0.000000257. The van der Waals surface area contributed by atoms with Crippen molar-refractivity contribution in [1.29, 1.82) is 0 Å². The molecule has 0 saturated heterocycles. The van der Waals surface area contributed by atoms with E-state index in [4.69, 9.17) is 13.5 Å². The van der Waals surface area contributed by atoms with Gasteiger partial charge in [-0.05, 0) is 89.9 Å². The Bertz CT molecular complexity index is 874. The Morgan fingerprint density at radius 3 is 0.769 bits per heavy atom. The fourth-order valence-corrected chi connectivity index (χ4v) is 7.04. The molecule has 7 heteroatoms. The normalized spacial score (nSPS) is 10.8. The summed E-state index contributed by atoms with van der Waals surface area (Å²) < 4.78 is 8.25. The summed E-state index contributed by atoms with van der Waals surface area (Å²) in [5.74, 6) is -0.664. The number of carboxylic acids is 1. The van der Waals surface area contributed by atoms with Crippen molar-refractivity contribution in [2.45, 2.75) is 310 Å². The SMILES string of the molecule is CCCCCCCC/C=C\CCCCCCCC(=O)O.CCCCCCCC/C=C\CCCCCCC[C-]=O.CCCCCCCC/C=C\CCCCCCC[C-]=O.CCCCO.[O]=[Ti+2].